The van der Waals surface area contributed by atoms with Crippen LogP contribution in [0.1, 0.15) is 20.8 Å². The molecular formula is C9H18N2O3. The highest BCUT2D eigenvalue weighted by atomic mass is 16.5. The number of rotatable bonds is 4. The van der Waals surface area contributed by atoms with Gasteiger partial charge in [0.15, 0.2) is 0 Å². The zero-order chi connectivity index (χ0) is 11.1. The van der Waals surface area contributed by atoms with E-state index < -0.39 is 5.92 Å². The normalized spacial score (nSPS) is 13.9. The molecule has 0 heterocycles. The van der Waals surface area contributed by atoms with Gasteiger partial charge in [-0.25, -0.2) is 0 Å². The van der Waals surface area contributed by atoms with Gasteiger partial charge >= 0.3 is 0 Å². The summed E-state index contributed by atoms with van der Waals surface area (Å²) in [5.41, 5.74) is 0. The van der Waals surface area contributed by atoms with Gasteiger partial charge in [0.25, 0.3) is 0 Å². The Morgan fingerprint density at radius 1 is 1.57 bits per heavy atom. The van der Waals surface area contributed by atoms with E-state index in [-0.39, 0.29) is 17.7 Å². The van der Waals surface area contributed by atoms with Crippen molar-refractivity contribution in [2.45, 2.75) is 20.8 Å². The number of nitrogens with zero attached hydrogens (tertiary/aromatic N) is 1. The molecule has 1 atom stereocenters. The van der Waals surface area contributed by atoms with Crippen molar-refractivity contribution < 1.29 is 14.7 Å². The number of hydrogen-bond donors (Lipinski definition) is 2. The molecule has 5 heteroatoms. The van der Waals surface area contributed by atoms with Gasteiger partial charge < -0.3 is 15.3 Å². The van der Waals surface area contributed by atoms with E-state index >= 15 is 0 Å². The second-order valence-electron chi connectivity index (χ2n) is 3.21. The highest BCUT2D eigenvalue weighted by molar-refractivity contribution is 6.00. The van der Waals surface area contributed by atoms with Gasteiger partial charge in [0, 0.05) is 7.05 Å². The summed E-state index contributed by atoms with van der Waals surface area (Å²) in [6.45, 7) is 5.88. The molecular weight excluding hydrogens is 184 g/mol. The molecule has 0 aromatic heterocycles. The lowest BCUT2D eigenvalue weighted by atomic mass is 9.95. The first-order chi connectivity index (χ1) is 6.58. The maximum absolute atomic E-state index is 11.4. The number of amides is 1. The van der Waals surface area contributed by atoms with Crippen LogP contribution in [0.3, 0.4) is 0 Å². The molecule has 5 nitrogen and oxygen atoms in total. The zero-order valence-corrected chi connectivity index (χ0v) is 9.07. The van der Waals surface area contributed by atoms with Gasteiger partial charge in [0.05, 0.1) is 6.61 Å². The number of carbonyl (C=O) groups excluding carboxylic acids is 1. The van der Waals surface area contributed by atoms with E-state index in [0.29, 0.717) is 6.61 Å². The second kappa shape index (κ2) is 6.23. The number of ether oxygens (including phenoxy) is 1. The van der Waals surface area contributed by atoms with E-state index in [9.17, 15) is 4.79 Å². The maximum Gasteiger partial charge on any atom is 0.238 e. The molecule has 0 rings (SSSR count). The zero-order valence-electron chi connectivity index (χ0n) is 9.07. The Bertz CT molecular complexity index is 214. The Labute approximate surface area is 84.1 Å². The third-order valence-electron chi connectivity index (χ3n) is 1.85. The molecule has 2 N–H and O–H groups in total. The number of oxime groups is 1. The van der Waals surface area contributed by atoms with Crippen LogP contribution in [0.25, 0.3) is 0 Å². The predicted octanol–water partition coefficient (Wildman–Crippen LogP) is 0.829. The van der Waals surface area contributed by atoms with E-state index in [2.05, 4.69) is 10.5 Å². The Morgan fingerprint density at radius 2 is 2.14 bits per heavy atom. The molecule has 1 amide bonds. The Morgan fingerprint density at radius 3 is 2.43 bits per heavy atom. The Hall–Kier alpha value is -1.26. The highest BCUT2D eigenvalue weighted by Gasteiger charge is 2.28. The minimum atomic E-state index is -0.537. The fraction of sp³-hybridized carbons (Fsp3) is 0.778. The van der Waals surface area contributed by atoms with Gasteiger partial charge in [-0.3, -0.25) is 4.79 Å². The summed E-state index contributed by atoms with van der Waals surface area (Å²) in [6.07, 6.45) is 0. The van der Waals surface area contributed by atoms with Crippen molar-refractivity contribution in [3.8, 4) is 0 Å². The largest absolute Gasteiger partial charge is 0.478 e. The monoisotopic (exact) mass is 202 g/mol. The van der Waals surface area contributed by atoms with Crippen LogP contribution in [0.5, 0.6) is 0 Å². The lowest BCUT2D eigenvalue weighted by molar-refractivity contribution is -0.124. The van der Waals surface area contributed by atoms with Crippen molar-refractivity contribution in [3.05, 3.63) is 0 Å². The smallest absolute Gasteiger partial charge is 0.238 e. The van der Waals surface area contributed by atoms with Gasteiger partial charge in [-0.2, -0.15) is 0 Å². The van der Waals surface area contributed by atoms with Crippen molar-refractivity contribution >= 4 is 11.8 Å². The van der Waals surface area contributed by atoms with Gasteiger partial charge in [0.2, 0.25) is 11.8 Å². The lowest BCUT2D eigenvalue weighted by Gasteiger charge is -2.19. The SMILES string of the molecule is CCO/C(=N\O)C(C(=O)NC)C(C)C. The van der Waals surface area contributed by atoms with E-state index in [1.165, 1.54) is 0 Å². The van der Waals surface area contributed by atoms with Gasteiger partial charge in [-0.1, -0.05) is 19.0 Å². The van der Waals surface area contributed by atoms with Crippen LogP contribution in [0.15, 0.2) is 5.16 Å². The first-order valence-electron chi connectivity index (χ1n) is 4.64. The number of carbonyl (C=O) groups is 1. The van der Waals surface area contributed by atoms with E-state index in [1.54, 1.807) is 14.0 Å². The van der Waals surface area contributed by atoms with Crippen molar-refractivity contribution in [1.82, 2.24) is 5.32 Å². The predicted molar refractivity (Wildman–Crippen MR) is 53.2 cm³/mol. The minimum Gasteiger partial charge on any atom is -0.478 e. The average Bonchev–Trinajstić information content (AvgIpc) is 2.16. The van der Waals surface area contributed by atoms with Crippen molar-refractivity contribution in [2.24, 2.45) is 17.0 Å². The molecule has 0 aliphatic carbocycles. The number of nitrogens with one attached hydrogen (secondary N) is 1. The van der Waals surface area contributed by atoms with Crippen LogP contribution in [0, 0.1) is 11.8 Å². The molecule has 0 fully saturated rings. The molecule has 0 aliphatic heterocycles. The highest BCUT2D eigenvalue weighted by Crippen LogP contribution is 2.14. The van der Waals surface area contributed by atoms with Crippen LogP contribution < -0.4 is 5.32 Å². The first kappa shape index (κ1) is 12.7. The summed E-state index contributed by atoms with van der Waals surface area (Å²) >= 11 is 0. The summed E-state index contributed by atoms with van der Waals surface area (Å²) in [4.78, 5) is 11.4. The number of hydrogen-bond acceptors (Lipinski definition) is 4. The van der Waals surface area contributed by atoms with E-state index in [1.807, 2.05) is 13.8 Å². The molecule has 0 saturated carbocycles. The van der Waals surface area contributed by atoms with Crippen molar-refractivity contribution in [1.29, 1.82) is 0 Å². The third kappa shape index (κ3) is 3.24. The molecule has 0 bridgehead atoms. The van der Waals surface area contributed by atoms with Crippen LogP contribution in [-0.4, -0.2) is 30.7 Å². The summed E-state index contributed by atoms with van der Waals surface area (Å²) in [5.74, 6) is -0.652. The molecule has 1 unspecified atom stereocenters. The molecule has 0 aromatic carbocycles. The Balaban J connectivity index is 4.70. The lowest BCUT2D eigenvalue weighted by Crippen LogP contribution is -2.37. The molecule has 0 saturated heterocycles. The molecule has 82 valence electrons. The first-order valence-corrected chi connectivity index (χ1v) is 4.64. The van der Waals surface area contributed by atoms with Gasteiger partial charge in [-0.05, 0) is 12.8 Å². The summed E-state index contributed by atoms with van der Waals surface area (Å²) in [6, 6.07) is 0. The molecule has 0 aromatic rings. The van der Waals surface area contributed by atoms with Gasteiger partial charge in [0.1, 0.15) is 5.92 Å². The van der Waals surface area contributed by atoms with Crippen LogP contribution in [0.4, 0.5) is 0 Å². The Kier molecular flexibility index (Phi) is 5.67. The topological polar surface area (TPSA) is 70.9 Å². The molecule has 0 spiro atoms. The summed E-state index contributed by atoms with van der Waals surface area (Å²) < 4.78 is 5.08. The van der Waals surface area contributed by atoms with E-state index in [0.717, 1.165) is 0 Å². The molecule has 0 aliphatic rings. The van der Waals surface area contributed by atoms with Crippen LogP contribution in [-0.2, 0) is 9.53 Å². The van der Waals surface area contributed by atoms with Crippen molar-refractivity contribution in [2.75, 3.05) is 13.7 Å². The minimum absolute atomic E-state index is 0.0207. The standard InChI is InChI=1S/C9H18N2O3/c1-5-14-9(11-13)7(6(2)3)8(12)10-4/h6-7,13H,5H2,1-4H3,(H,10,12)/b11-9-. The average molecular weight is 202 g/mol. The third-order valence-corrected chi connectivity index (χ3v) is 1.85. The fourth-order valence-electron chi connectivity index (χ4n) is 1.18. The summed E-state index contributed by atoms with van der Waals surface area (Å²) in [7, 11) is 1.54. The van der Waals surface area contributed by atoms with Crippen molar-refractivity contribution in [3.63, 3.8) is 0 Å². The van der Waals surface area contributed by atoms with Crippen LogP contribution in [0.2, 0.25) is 0 Å². The molecule has 0 radical (unpaired) electrons. The fourth-order valence-corrected chi connectivity index (χ4v) is 1.18. The van der Waals surface area contributed by atoms with E-state index in [4.69, 9.17) is 9.94 Å². The maximum atomic E-state index is 11.4. The quantitative estimate of drug-likeness (QED) is 0.307. The second-order valence-corrected chi connectivity index (χ2v) is 3.21. The van der Waals surface area contributed by atoms with Gasteiger partial charge in [-0.15, -0.1) is 0 Å². The molecule has 14 heavy (non-hydrogen) atoms. The van der Waals surface area contributed by atoms with Crippen LogP contribution >= 0.6 is 0 Å². The summed E-state index contributed by atoms with van der Waals surface area (Å²) in [5, 5.41) is 14.2.